The van der Waals surface area contributed by atoms with E-state index in [1.807, 2.05) is 0 Å². The Kier molecular flexibility index (Phi) is 7.32. The number of benzene rings is 3. The Morgan fingerprint density at radius 2 is 1.17 bits per heavy atom. The zero-order chi connectivity index (χ0) is 24.6. The molecule has 176 valence electrons. The van der Waals surface area contributed by atoms with Gasteiger partial charge in [-0.25, -0.2) is 19.2 Å². The maximum absolute atomic E-state index is 12.6. The normalized spacial score (nSPS) is 16.9. The number of esters is 4. The van der Waals surface area contributed by atoms with Crippen LogP contribution in [0, 0.1) is 0 Å². The van der Waals surface area contributed by atoms with Crippen LogP contribution < -0.4 is 0 Å². The zero-order valence-electron chi connectivity index (χ0n) is 18.4. The minimum atomic E-state index is -1.18. The predicted molar refractivity (Wildman–Crippen MR) is 122 cm³/mol. The maximum Gasteiger partial charge on any atom is 0.374 e. The van der Waals surface area contributed by atoms with Crippen LogP contribution in [-0.4, -0.2) is 42.7 Å². The molecule has 8 heteroatoms. The van der Waals surface area contributed by atoms with Crippen molar-refractivity contribution in [2.75, 3.05) is 6.61 Å². The van der Waals surface area contributed by atoms with Crippen LogP contribution in [0.25, 0.3) is 0 Å². The largest absolute Gasteiger partial charge is 0.458 e. The van der Waals surface area contributed by atoms with Crippen LogP contribution in [-0.2, 0) is 23.7 Å². The Morgan fingerprint density at radius 1 is 0.686 bits per heavy atom. The summed E-state index contributed by atoms with van der Waals surface area (Å²) in [5, 5.41) is 0. The van der Waals surface area contributed by atoms with E-state index < -0.39 is 41.8 Å². The van der Waals surface area contributed by atoms with Gasteiger partial charge in [-0.15, -0.1) is 0 Å². The molecule has 0 aromatic heterocycles. The molecule has 0 radical (unpaired) electrons. The fourth-order valence-electron chi connectivity index (χ4n) is 3.22. The minimum absolute atomic E-state index is 0.220. The summed E-state index contributed by atoms with van der Waals surface area (Å²) in [7, 11) is 0. The average Bonchev–Trinajstić information content (AvgIpc) is 2.90. The van der Waals surface area contributed by atoms with Crippen molar-refractivity contribution < 1.29 is 38.1 Å². The number of hydrogen-bond acceptors (Lipinski definition) is 8. The lowest BCUT2D eigenvalue weighted by atomic mass is 10.1. The molecule has 2 atom stereocenters. The molecule has 1 aliphatic heterocycles. The van der Waals surface area contributed by atoms with E-state index in [2.05, 4.69) is 0 Å². The van der Waals surface area contributed by atoms with Crippen LogP contribution in [0.4, 0.5) is 0 Å². The lowest BCUT2D eigenvalue weighted by Crippen LogP contribution is -2.42. The molecule has 0 saturated heterocycles. The van der Waals surface area contributed by atoms with E-state index in [0.717, 1.165) is 0 Å². The maximum atomic E-state index is 12.6. The van der Waals surface area contributed by atoms with Gasteiger partial charge in [0.2, 0.25) is 5.76 Å². The molecular weight excluding hydrogens is 452 g/mol. The van der Waals surface area contributed by atoms with E-state index in [1.54, 1.807) is 78.9 Å². The van der Waals surface area contributed by atoms with Crippen molar-refractivity contribution in [3.63, 3.8) is 0 Å². The van der Waals surface area contributed by atoms with Crippen LogP contribution in [0.1, 0.15) is 31.1 Å². The van der Waals surface area contributed by atoms with Crippen molar-refractivity contribution in [2.45, 2.75) is 12.2 Å². The molecule has 0 spiro atoms. The summed E-state index contributed by atoms with van der Waals surface area (Å²) < 4.78 is 21.3. The van der Waals surface area contributed by atoms with Crippen molar-refractivity contribution in [2.24, 2.45) is 0 Å². The zero-order valence-corrected chi connectivity index (χ0v) is 18.4. The molecule has 8 nitrogen and oxygen atoms in total. The number of hydrogen-bond donors (Lipinski definition) is 0. The first-order chi connectivity index (χ1) is 17.0. The Labute approximate surface area is 200 Å². The number of cyclic esters (lactones) is 1. The third kappa shape index (κ3) is 6.00. The van der Waals surface area contributed by atoms with Gasteiger partial charge in [-0.3, -0.25) is 0 Å². The van der Waals surface area contributed by atoms with E-state index in [4.69, 9.17) is 18.9 Å². The number of carbonyl (C=O) groups is 4. The topological polar surface area (TPSA) is 105 Å². The Bertz CT molecular complexity index is 1240. The molecule has 0 fully saturated rings. The number of carbonyl (C=O) groups excluding carboxylic acids is 4. The molecule has 1 heterocycles. The molecule has 0 aliphatic carbocycles. The Balaban J connectivity index is 1.52. The van der Waals surface area contributed by atoms with Gasteiger partial charge in [0.1, 0.15) is 6.61 Å². The quantitative estimate of drug-likeness (QED) is 0.378. The number of rotatable bonds is 7. The molecule has 0 unspecified atom stereocenters. The third-order valence-corrected chi connectivity index (χ3v) is 4.99. The van der Waals surface area contributed by atoms with Crippen LogP contribution >= 0.6 is 0 Å². The second-order valence-corrected chi connectivity index (χ2v) is 7.43. The predicted octanol–water partition coefficient (Wildman–Crippen LogP) is 3.74. The van der Waals surface area contributed by atoms with Crippen molar-refractivity contribution >= 4 is 23.9 Å². The fourth-order valence-corrected chi connectivity index (χ4v) is 3.22. The van der Waals surface area contributed by atoms with E-state index >= 15 is 0 Å². The van der Waals surface area contributed by atoms with Gasteiger partial charge in [0, 0.05) is 6.08 Å². The highest BCUT2D eigenvalue weighted by molar-refractivity contribution is 5.96. The highest BCUT2D eigenvalue weighted by atomic mass is 16.6. The second-order valence-electron chi connectivity index (χ2n) is 7.43. The van der Waals surface area contributed by atoms with Gasteiger partial charge in [0.25, 0.3) is 0 Å². The van der Waals surface area contributed by atoms with Crippen LogP contribution in [0.2, 0.25) is 0 Å². The monoisotopic (exact) mass is 472 g/mol. The molecule has 0 saturated carbocycles. The molecule has 0 bridgehead atoms. The second kappa shape index (κ2) is 10.9. The molecule has 0 N–H and O–H groups in total. The highest BCUT2D eigenvalue weighted by Gasteiger charge is 2.37. The van der Waals surface area contributed by atoms with Gasteiger partial charge < -0.3 is 18.9 Å². The smallest absolute Gasteiger partial charge is 0.374 e. The van der Waals surface area contributed by atoms with E-state index in [0.29, 0.717) is 5.56 Å². The number of ether oxygens (including phenoxy) is 4. The lowest BCUT2D eigenvalue weighted by Gasteiger charge is -2.28. The average molecular weight is 472 g/mol. The molecule has 1 aliphatic rings. The molecular formula is C27H20O8. The summed E-state index contributed by atoms with van der Waals surface area (Å²) >= 11 is 0. The molecule has 3 aromatic rings. The van der Waals surface area contributed by atoms with Gasteiger partial charge in [-0.2, -0.15) is 0 Å². The first-order valence-corrected chi connectivity index (χ1v) is 10.7. The van der Waals surface area contributed by atoms with Gasteiger partial charge in [-0.1, -0.05) is 54.6 Å². The molecule has 3 aromatic carbocycles. The van der Waals surface area contributed by atoms with Gasteiger partial charge in [0.15, 0.2) is 12.2 Å². The summed E-state index contributed by atoms with van der Waals surface area (Å²) in [6, 6.07) is 24.5. The van der Waals surface area contributed by atoms with Crippen molar-refractivity contribution in [3.8, 4) is 0 Å². The van der Waals surface area contributed by atoms with Crippen LogP contribution in [0.15, 0.2) is 103 Å². The van der Waals surface area contributed by atoms with Gasteiger partial charge in [0.05, 0.1) is 16.7 Å². The highest BCUT2D eigenvalue weighted by Crippen LogP contribution is 2.22. The van der Waals surface area contributed by atoms with E-state index in [-0.39, 0.29) is 17.7 Å². The lowest BCUT2D eigenvalue weighted by molar-refractivity contribution is -0.158. The third-order valence-electron chi connectivity index (χ3n) is 4.99. The summed E-state index contributed by atoms with van der Waals surface area (Å²) in [6.45, 7) is -0.386. The van der Waals surface area contributed by atoms with Gasteiger partial charge >= 0.3 is 23.9 Å². The SMILES string of the molecule is O=C1O[C@@H](COC(=O)c2ccccc2)[C@H](OC(=O)c2ccccc2)C=C1OC(=O)c1ccccc1. The van der Waals surface area contributed by atoms with E-state index in [9.17, 15) is 19.2 Å². The Morgan fingerprint density at radius 3 is 1.71 bits per heavy atom. The van der Waals surface area contributed by atoms with Crippen LogP contribution in [0.3, 0.4) is 0 Å². The standard InChI is InChI=1S/C27H20O8/c28-24(18-10-4-1-5-11-18)32-17-23-21(33-25(29)19-12-6-2-7-13-19)16-22(27(31)35-23)34-26(30)20-14-8-3-9-15-20/h1-16,21,23H,17H2/t21-,23+/m1/s1. The van der Waals surface area contributed by atoms with Crippen molar-refractivity contribution in [3.05, 3.63) is 120 Å². The van der Waals surface area contributed by atoms with Crippen molar-refractivity contribution in [1.29, 1.82) is 0 Å². The summed E-state index contributed by atoms with van der Waals surface area (Å²) in [4.78, 5) is 49.9. The first kappa shape index (κ1) is 23.4. The molecule has 0 amide bonds. The first-order valence-electron chi connectivity index (χ1n) is 10.7. The summed E-state index contributed by atoms with van der Waals surface area (Å²) in [5.74, 6) is -3.51. The molecule has 35 heavy (non-hydrogen) atoms. The minimum Gasteiger partial charge on any atom is -0.458 e. The van der Waals surface area contributed by atoms with Crippen LogP contribution in [0.5, 0.6) is 0 Å². The van der Waals surface area contributed by atoms with Gasteiger partial charge in [-0.05, 0) is 36.4 Å². The van der Waals surface area contributed by atoms with E-state index in [1.165, 1.54) is 18.2 Å². The van der Waals surface area contributed by atoms with Crippen molar-refractivity contribution in [1.82, 2.24) is 0 Å². The summed E-state index contributed by atoms with van der Waals surface area (Å²) in [5.41, 5.74) is 0.791. The Hall–Kier alpha value is -4.72. The fraction of sp³-hybridized carbons (Fsp3) is 0.111. The summed E-state index contributed by atoms with van der Waals surface area (Å²) in [6.07, 6.45) is -1.15. The molecule has 4 rings (SSSR count).